The molecule has 0 radical (unpaired) electrons. The van der Waals surface area contributed by atoms with Crippen molar-refractivity contribution in [2.75, 3.05) is 19.0 Å². The Morgan fingerprint density at radius 1 is 1.35 bits per heavy atom. The molecule has 0 heterocycles. The molecule has 0 aliphatic carbocycles. The zero-order valence-electron chi connectivity index (χ0n) is 10.4. The van der Waals surface area contributed by atoms with Gasteiger partial charge in [0.25, 0.3) is 0 Å². The predicted octanol–water partition coefficient (Wildman–Crippen LogP) is 2.68. The zero-order valence-corrected chi connectivity index (χ0v) is 10.4. The number of ether oxygens (including phenoxy) is 1. The Morgan fingerprint density at radius 3 is 2.41 bits per heavy atom. The van der Waals surface area contributed by atoms with Gasteiger partial charge in [-0.25, -0.2) is 4.39 Å². The first kappa shape index (κ1) is 13.5. The minimum Gasteiger partial charge on any atom is -0.469 e. The number of anilines is 1. The van der Waals surface area contributed by atoms with Crippen LogP contribution in [0.25, 0.3) is 0 Å². The zero-order chi connectivity index (χ0) is 12.8. The number of nitrogens with one attached hydrogen (secondary N) is 1. The van der Waals surface area contributed by atoms with E-state index in [0.717, 1.165) is 5.69 Å². The Morgan fingerprint density at radius 2 is 1.94 bits per heavy atom. The molecule has 0 aromatic heterocycles. The fourth-order valence-electron chi connectivity index (χ4n) is 1.54. The largest absolute Gasteiger partial charge is 0.469 e. The standard InChI is InChI=1S/C13H18FNO2/c1-9(2)12(13(16)17-3)8-15-11-6-4-10(14)5-7-11/h4-7,9,12,15H,8H2,1-3H3. The van der Waals surface area contributed by atoms with Gasteiger partial charge in [0.15, 0.2) is 0 Å². The van der Waals surface area contributed by atoms with Crippen LogP contribution in [0.4, 0.5) is 10.1 Å². The number of rotatable bonds is 5. The summed E-state index contributed by atoms with van der Waals surface area (Å²) in [5, 5.41) is 3.10. The fourth-order valence-corrected chi connectivity index (χ4v) is 1.54. The van der Waals surface area contributed by atoms with Crippen molar-refractivity contribution in [3.8, 4) is 0 Å². The molecule has 0 aliphatic rings. The van der Waals surface area contributed by atoms with Gasteiger partial charge in [-0.15, -0.1) is 0 Å². The molecule has 1 N–H and O–H groups in total. The molecule has 0 bridgehead atoms. The van der Waals surface area contributed by atoms with Crippen molar-refractivity contribution in [2.24, 2.45) is 11.8 Å². The van der Waals surface area contributed by atoms with Crippen LogP contribution in [0.5, 0.6) is 0 Å². The summed E-state index contributed by atoms with van der Waals surface area (Å²) in [6.45, 7) is 4.41. The van der Waals surface area contributed by atoms with Crippen molar-refractivity contribution in [2.45, 2.75) is 13.8 Å². The highest BCUT2D eigenvalue weighted by atomic mass is 19.1. The van der Waals surface area contributed by atoms with Gasteiger partial charge in [-0.3, -0.25) is 4.79 Å². The Bertz CT molecular complexity index is 362. The third-order valence-electron chi connectivity index (χ3n) is 2.68. The summed E-state index contributed by atoms with van der Waals surface area (Å²) in [7, 11) is 1.38. The van der Waals surface area contributed by atoms with Crippen LogP contribution < -0.4 is 5.32 Å². The topological polar surface area (TPSA) is 38.3 Å². The third kappa shape index (κ3) is 4.06. The molecular formula is C13H18FNO2. The molecule has 0 aliphatic heterocycles. The second-order valence-corrected chi connectivity index (χ2v) is 4.26. The van der Waals surface area contributed by atoms with E-state index >= 15 is 0 Å². The van der Waals surface area contributed by atoms with E-state index in [1.165, 1.54) is 19.2 Å². The van der Waals surface area contributed by atoms with Crippen molar-refractivity contribution in [3.05, 3.63) is 30.1 Å². The van der Waals surface area contributed by atoms with Crippen molar-refractivity contribution >= 4 is 11.7 Å². The molecule has 0 amide bonds. The Kier molecular flexibility index (Phi) is 4.94. The third-order valence-corrected chi connectivity index (χ3v) is 2.68. The SMILES string of the molecule is COC(=O)C(CNc1ccc(F)cc1)C(C)C. The molecule has 1 atom stereocenters. The quantitative estimate of drug-likeness (QED) is 0.803. The van der Waals surface area contributed by atoms with Crippen molar-refractivity contribution in [1.29, 1.82) is 0 Å². The molecule has 94 valence electrons. The number of hydrogen-bond donors (Lipinski definition) is 1. The summed E-state index contributed by atoms with van der Waals surface area (Å²) in [5.74, 6) is -0.515. The maximum absolute atomic E-state index is 12.7. The number of methoxy groups -OCH3 is 1. The Hall–Kier alpha value is -1.58. The second kappa shape index (κ2) is 6.23. The van der Waals surface area contributed by atoms with Crippen LogP contribution in [0.3, 0.4) is 0 Å². The minimum absolute atomic E-state index is 0.190. The van der Waals surface area contributed by atoms with Crippen LogP contribution in [0.1, 0.15) is 13.8 Å². The fraction of sp³-hybridized carbons (Fsp3) is 0.462. The number of carbonyl (C=O) groups is 1. The number of halogens is 1. The van der Waals surface area contributed by atoms with Crippen molar-refractivity contribution in [3.63, 3.8) is 0 Å². The van der Waals surface area contributed by atoms with E-state index in [1.54, 1.807) is 12.1 Å². The molecule has 0 spiro atoms. The number of carbonyl (C=O) groups excluding carboxylic acids is 1. The lowest BCUT2D eigenvalue weighted by atomic mass is 9.96. The van der Waals surface area contributed by atoms with Crippen LogP contribution in [-0.4, -0.2) is 19.6 Å². The average Bonchev–Trinajstić information content (AvgIpc) is 2.31. The summed E-state index contributed by atoms with van der Waals surface area (Å²) >= 11 is 0. The maximum Gasteiger partial charge on any atom is 0.310 e. The second-order valence-electron chi connectivity index (χ2n) is 4.26. The molecule has 1 aromatic rings. The molecule has 0 fully saturated rings. The van der Waals surface area contributed by atoms with Crippen molar-refractivity contribution < 1.29 is 13.9 Å². The van der Waals surface area contributed by atoms with E-state index < -0.39 is 0 Å². The number of hydrogen-bond acceptors (Lipinski definition) is 3. The van der Waals surface area contributed by atoms with Gasteiger partial charge in [-0.05, 0) is 30.2 Å². The first-order valence-electron chi connectivity index (χ1n) is 5.62. The van der Waals surface area contributed by atoms with Crippen LogP contribution in [-0.2, 0) is 9.53 Å². The van der Waals surface area contributed by atoms with Gasteiger partial charge >= 0.3 is 5.97 Å². The normalized spacial score (nSPS) is 12.3. The Labute approximate surface area is 101 Å². The average molecular weight is 239 g/mol. The molecule has 0 saturated carbocycles. The molecule has 1 aromatic carbocycles. The molecular weight excluding hydrogens is 221 g/mol. The summed E-state index contributed by atoms with van der Waals surface area (Å²) in [6, 6.07) is 6.05. The van der Waals surface area contributed by atoms with E-state index in [1.807, 2.05) is 13.8 Å². The highest BCUT2D eigenvalue weighted by Crippen LogP contribution is 2.15. The van der Waals surface area contributed by atoms with E-state index in [-0.39, 0.29) is 23.6 Å². The molecule has 1 rings (SSSR count). The number of benzene rings is 1. The number of esters is 1. The highest BCUT2D eigenvalue weighted by Gasteiger charge is 2.22. The summed E-state index contributed by atoms with van der Waals surface area (Å²) < 4.78 is 17.4. The van der Waals surface area contributed by atoms with E-state index in [2.05, 4.69) is 5.32 Å². The van der Waals surface area contributed by atoms with E-state index in [0.29, 0.717) is 6.54 Å². The van der Waals surface area contributed by atoms with Gasteiger partial charge in [0.1, 0.15) is 5.82 Å². The Balaban J connectivity index is 2.58. The highest BCUT2D eigenvalue weighted by molar-refractivity contribution is 5.73. The lowest BCUT2D eigenvalue weighted by Gasteiger charge is -2.19. The van der Waals surface area contributed by atoms with Gasteiger partial charge in [-0.1, -0.05) is 13.8 Å². The molecule has 4 heteroatoms. The summed E-state index contributed by atoms with van der Waals surface area (Å²) in [4.78, 5) is 11.5. The summed E-state index contributed by atoms with van der Waals surface area (Å²) in [6.07, 6.45) is 0. The van der Waals surface area contributed by atoms with E-state index in [4.69, 9.17) is 4.74 Å². The minimum atomic E-state index is -0.274. The maximum atomic E-state index is 12.7. The van der Waals surface area contributed by atoms with Crippen LogP contribution >= 0.6 is 0 Å². The first-order valence-corrected chi connectivity index (χ1v) is 5.62. The van der Waals surface area contributed by atoms with Gasteiger partial charge in [0, 0.05) is 12.2 Å². The van der Waals surface area contributed by atoms with Crippen LogP contribution in [0, 0.1) is 17.7 Å². The van der Waals surface area contributed by atoms with Gasteiger partial charge in [-0.2, -0.15) is 0 Å². The van der Waals surface area contributed by atoms with Crippen LogP contribution in [0.2, 0.25) is 0 Å². The van der Waals surface area contributed by atoms with Crippen LogP contribution in [0.15, 0.2) is 24.3 Å². The predicted molar refractivity (Wildman–Crippen MR) is 65.2 cm³/mol. The molecule has 3 nitrogen and oxygen atoms in total. The lowest BCUT2D eigenvalue weighted by Crippen LogP contribution is -2.28. The first-order chi connectivity index (χ1) is 8.04. The lowest BCUT2D eigenvalue weighted by molar-refractivity contribution is -0.146. The summed E-state index contributed by atoms with van der Waals surface area (Å²) in [5.41, 5.74) is 0.793. The van der Waals surface area contributed by atoms with Gasteiger partial charge in [0.05, 0.1) is 13.0 Å². The smallest absolute Gasteiger partial charge is 0.310 e. The van der Waals surface area contributed by atoms with Gasteiger partial charge < -0.3 is 10.1 Å². The van der Waals surface area contributed by atoms with Gasteiger partial charge in [0.2, 0.25) is 0 Å². The monoisotopic (exact) mass is 239 g/mol. The van der Waals surface area contributed by atoms with Crippen molar-refractivity contribution in [1.82, 2.24) is 0 Å². The molecule has 17 heavy (non-hydrogen) atoms. The van der Waals surface area contributed by atoms with E-state index in [9.17, 15) is 9.18 Å². The molecule has 1 unspecified atom stereocenters. The molecule has 0 saturated heterocycles.